The standard InChI is InChI=1S/C31H31N7O/c1-36-11-3-4-21(17-36)18-39-28-13-25(22-7-5-20(14-32)6-8-22)29(38-19-33-16-27(28)38)24-12-26-31(34-15-24)37(2)30(35-26)23-9-10-23/h5-8,12-13,15-16,19,21,23H,3-4,9-11,17-18H2,1-2H3. The van der Waals surface area contributed by atoms with Crippen LogP contribution in [-0.4, -0.2) is 55.6 Å². The number of likely N-dealkylation sites (tertiary alicyclic amines) is 1. The van der Waals surface area contributed by atoms with E-state index >= 15 is 0 Å². The highest BCUT2D eigenvalue weighted by molar-refractivity contribution is 5.88. The summed E-state index contributed by atoms with van der Waals surface area (Å²) in [6, 6.07) is 14.2. The van der Waals surface area contributed by atoms with Crippen molar-refractivity contribution in [2.24, 2.45) is 13.0 Å². The fourth-order valence-corrected chi connectivity index (χ4v) is 5.96. The molecule has 1 unspecified atom stereocenters. The van der Waals surface area contributed by atoms with E-state index in [1.807, 2.05) is 43.0 Å². The van der Waals surface area contributed by atoms with Gasteiger partial charge in [-0.15, -0.1) is 0 Å². The summed E-state index contributed by atoms with van der Waals surface area (Å²) in [5, 5.41) is 9.37. The summed E-state index contributed by atoms with van der Waals surface area (Å²) in [6.45, 7) is 2.87. The number of hydrogen-bond donors (Lipinski definition) is 0. The largest absolute Gasteiger partial charge is 0.491 e. The van der Waals surface area contributed by atoms with Crippen LogP contribution in [0.4, 0.5) is 0 Å². The van der Waals surface area contributed by atoms with Gasteiger partial charge < -0.3 is 14.2 Å². The van der Waals surface area contributed by atoms with Gasteiger partial charge >= 0.3 is 0 Å². The zero-order chi connectivity index (χ0) is 26.5. The summed E-state index contributed by atoms with van der Waals surface area (Å²) in [4.78, 5) is 16.7. The zero-order valence-corrected chi connectivity index (χ0v) is 22.3. The molecule has 5 aromatic rings. The van der Waals surface area contributed by atoms with Gasteiger partial charge in [-0.3, -0.25) is 4.40 Å². The van der Waals surface area contributed by atoms with Gasteiger partial charge in [0.2, 0.25) is 0 Å². The van der Waals surface area contributed by atoms with Crippen LogP contribution in [0.2, 0.25) is 0 Å². The minimum Gasteiger partial charge on any atom is -0.491 e. The molecule has 5 heterocycles. The first-order chi connectivity index (χ1) is 19.1. The van der Waals surface area contributed by atoms with E-state index < -0.39 is 0 Å². The minimum atomic E-state index is 0.501. The van der Waals surface area contributed by atoms with Crippen molar-refractivity contribution in [3.63, 3.8) is 0 Å². The first-order valence-electron chi connectivity index (χ1n) is 13.7. The summed E-state index contributed by atoms with van der Waals surface area (Å²) in [5.74, 6) is 2.97. The van der Waals surface area contributed by atoms with Gasteiger partial charge in [0, 0.05) is 42.8 Å². The van der Waals surface area contributed by atoms with Crippen LogP contribution >= 0.6 is 0 Å². The molecule has 7 rings (SSSR count). The first-order valence-corrected chi connectivity index (χ1v) is 13.7. The first kappa shape index (κ1) is 23.9. The number of aryl methyl sites for hydroxylation is 1. The Hall–Kier alpha value is -4.22. The second-order valence-corrected chi connectivity index (χ2v) is 11.1. The lowest BCUT2D eigenvalue weighted by atomic mass is 9.98. The van der Waals surface area contributed by atoms with E-state index in [2.05, 4.69) is 51.1 Å². The predicted octanol–water partition coefficient (Wildman–Crippen LogP) is 5.42. The molecule has 1 aliphatic heterocycles. The van der Waals surface area contributed by atoms with Gasteiger partial charge in [0.1, 0.15) is 22.6 Å². The van der Waals surface area contributed by atoms with Crippen LogP contribution in [0.3, 0.4) is 0 Å². The van der Waals surface area contributed by atoms with Gasteiger partial charge in [-0.1, -0.05) is 12.1 Å². The molecule has 0 radical (unpaired) electrons. The van der Waals surface area contributed by atoms with Crippen molar-refractivity contribution in [1.29, 1.82) is 5.26 Å². The van der Waals surface area contributed by atoms with E-state index in [0.717, 1.165) is 63.7 Å². The molecule has 39 heavy (non-hydrogen) atoms. The van der Waals surface area contributed by atoms with E-state index in [4.69, 9.17) is 14.7 Å². The van der Waals surface area contributed by atoms with Crippen molar-refractivity contribution < 1.29 is 4.74 Å². The number of hydrogen-bond acceptors (Lipinski definition) is 6. The molecular formula is C31H31N7O. The van der Waals surface area contributed by atoms with Gasteiger partial charge in [-0.2, -0.15) is 5.26 Å². The summed E-state index contributed by atoms with van der Waals surface area (Å²) in [7, 11) is 4.24. The Morgan fingerprint density at radius 1 is 1.05 bits per heavy atom. The fraction of sp³-hybridized carbons (Fsp3) is 0.355. The molecule has 8 heteroatoms. The molecule has 2 aliphatic rings. The number of benzene rings is 1. The molecule has 196 valence electrons. The van der Waals surface area contributed by atoms with Gasteiger partial charge in [0.15, 0.2) is 5.65 Å². The van der Waals surface area contributed by atoms with E-state index in [1.54, 1.807) is 0 Å². The van der Waals surface area contributed by atoms with Crippen molar-refractivity contribution in [3.05, 3.63) is 66.5 Å². The van der Waals surface area contributed by atoms with Crippen molar-refractivity contribution in [2.45, 2.75) is 31.6 Å². The summed E-state index contributed by atoms with van der Waals surface area (Å²) >= 11 is 0. The predicted molar refractivity (Wildman–Crippen MR) is 151 cm³/mol. The Labute approximate surface area is 227 Å². The number of imidazole rings is 2. The van der Waals surface area contributed by atoms with Crippen molar-refractivity contribution in [1.82, 2.24) is 28.8 Å². The van der Waals surface area contributed by atoms with E-state index in [0.29, 0.717) is 24.0 Å². The molecular weight excluding hydrogens is 486 g/mol. The average molecular weight is 518 g/mol. The zero-order valence-electron chi connectivity index (χ0n) is 22.3. The van der Waals surface area contributed by atoms with Gasteiger partial charge in [-0.05, 0) is 69.1 Å². The highest BCUT2D eigenvalue weighted by atomic mass is 16.5. The monoisotopic (exact) mass is 517 g/mol. The number of rotatable bonds is 6. The van der Waals surface area contributed by atoms with Gasteiger partial charge in [-0.25, -0.2) is 15.0 Å². The summed E-state index contributed by atoms with van der Waals surface area (Å²) in [5.41, 5.74) is 7.30. The molecule has 0 bridgehead atoms. The van der Waals surface area contributed by atoms with E-state index in [1.165, 1.54) is 25.7 Å². The van der Waals surface area contributed by atoms with Gasteiger partial charge in [0.25, 0.3) is 0 Å². The SMILES string of the molecule is CN1CCCC(COc2cc(-c3ccc(C#N)cc3)c(-c3cnc4c(c3)nc(C3CC3)n4C)n3cncc23)C1. The number of pyridine rings is 2. The van der Waals surface area contributed by atoms with Gasteiger partial charge in [0.05, 0.1) is 36.5 Å². The third kappa shape index (κ3) is 4.33. The number of ether oxygens (including phenoxy) is 1. The van der Waals surface area contributed by atoms with Crippen LogP contribution in [-0.2, 0) is 7.05 Å². The summed E-state index contributed by atoms with van der Waals surface area (Å²) in [6.07, 6.45) is 10.4. The van der Waals surface area contributed by atoms with Crippen LogP contribution in [0.15, 0.2) is 55.1 Å². The van der Waals surface area contributed by atoms with E-state index in [-0.39, 0.29) is 0 Å². The maximum Gasteiger partial charge on any atom is 0.159 e. The van der Waals surface area contributed by atoms with Crippen LogP contribution in [0.5, 0.6) is 5.75 Å². The van der Waals surface area contributed by atoms with Crippen molar-refractivity contribution in [2.75, 3.05) is 26.7 Å². The molecule has 1 aliphatic carbocycles. The van der Waals surface area contributed by atoms with Crippen LogP contribution < -0.4 is 4.74 Å². The average Bonchev–Trinajstić information content (AvgIpc) is 3.59. The molecule has 0 spiro atoms. The Kier molecular flexibility index (Phi) is 5.82. The Bertz CT molecular complexity index is 1720. The maximum atomic E-state index is 9.37. The van der Waals surface area contributed by atoms with Crippen LogP contribution in [0.1, 0.15) is 43.0 Å². The maximum absolute atomic E-state index is 9.37. The molecule has 0 amide bonds. The molecule has 1 saturated heterocycles. The van der Waals surface area contributed by atoms with Crippen LogP contribution in [0.25, 0.3) is 39.1 Å². The number of fused-ring (bicyclic) bond motifs is 2. The molecule has 8 nitrogen and oxygen atoms in total. The fourth-order valence-electron chi connectivity index (χ4n) is 5.96. The molecule has 1 saturated carbocycles. The Morgan fingerprint density at radius 3 is 2.67 bits per heavy atom. The Morgan fingerprint density at radius 2 is 1.90 bits per heavy atom. The van der Waals surface area contributed by atoms with Crippen molar-refractivity contribution in [3.8, 4) is 34.2 Å². The molecule has 4 aromatic heterocycles. The number of nitriles is 1. The lowest BCUT2D eigenvalue weighted by molar-refractivity contribution is 0.151. The smallest absolute Gasteiger partial charge is 0.159 e. The second kappa shape index (κ2) is 9.51. The minimum absolute atomic E-state index is 0.501. The second-order valence-electron chi connectivity index (χ2n) is 11.1. The van der Waals surface area contributed by atoms with Crippen molar-refractivity contribution >= 4 is 16.7 Å². The highest BCUT2D eigenvalue weighted by Crippen LogP contribution is 2.41. The summed E-state index contributed by atoms with van der Waals surface area (Å²) < 4.78 is 10.7. The molecule has 1 aromatic carbocycles. The molecule has 1 atom stereocenters. The normalized spacial score (nSPS) is 18.0. The van der Waals surface area contributed by atoms with E-state index in [9.17, 15) is 5.26 Å². The third-order valence-electron chi connectivity index (χ3n) is 8.14. The molecule has 0 N–H and O–H groups in total. The third-order valence-corrected chi connectivity index (χ3v) is 8.14. The topological polar surface area (TPSA) is 84.3 Å². The Balaban J connectivity index is 1.36. The lowest BCUT2D eigenvalue weighted by Crippen LogP contribution is -2.34. The van der Waals surface area contributed by atoms with Crippen LogP contribution in [0, 0.1) is 17.2 Å². The number of nitrogens with zero attached hydrogens (tertiary/aromatic N) is 7. The number of aromatic nitrogens is 5. The lowest BCUT2D eigenvalue weighted by Gasteiger charge is -2.29. The highest BCUT2D eigenvalue weighted by Gasteiger charge is 2.29. The number of piperidine rings is 1. The quantitative estimate of drug-likeness (QED) is 0.299. The molecule has 2 fully saturated rings.